The molecule has 0 radical (unpaired) electrons. The molecule has 0 aromatic carbocycles. The Morgan fingerprint density at radius 1 is 1.64 bits per heavy atom. The van der Waals surface area contributed by atoms with Gasteiger partial charge in [-0.05, 0) is 19.3 Å². The van der Waals surface area contributed by atoms with Gasteiger partial charge in [0.25, 0.3) is 0 Å². The van der Waals surface area contributed by atoms with Gasteiger partial charge in [0.15, 0.2) is 0 Å². The second-order valence-electron chi connectivity index (χ2n) is 2.61. The van der Waals surface area contributed by atoms with Gasteiger partial charge >= 0.3 is 5.97 Å². The Kier molecular flexibility index (Phi) is 3.11. The highest BCUT2D eigenvalue weighted by atomic mass is 16.5. The van der Waals surface area contributed by atoms with Gasteiger partial charge < -0.3 is 9.84 Å². The van der Waals surface area contributed by atoms with Crippen LogP contribution in [0.1, 0.15) is 19.3 Å². The number of rotatable bonds is 3. The van der Waals surface area contributed by atoms with Crippen molar-refractivity contribution >= 4 is 5.97 Å². The summed E-state index contributed by atoms with van der Waals surface area (Å²) in [5.74, 6) is -0.889. The van der Waals surface area contributed by atoms with E-state index < -0.39 is 5.97 Å². The van der Waals surface area contributed by atoms with Crippen molar-refractivity contribution in [3.05, 3.63) is 12.2 Å². The summed E-state index contributed by atoms with van der Waals surface area (Å²) in [5, 5.41) is 8.30. The monoisotopic (exact) mass is 156 g/mol. The Hall–Kier alpha value is -0.830. The first kappa shape index (κ1) is 8.27. The van der Waals surface area contributed by atoms with Crippen molar-refractivity contribution in [3.63, 3.8) is 0 Å². The van der Waals surface area contributed by atoms with E-state index in [4.69, 9.17) is 9.84 Å². The van der Waals surface area contributed by atoms with Crippen molar-refractivity contribution in [1.82, 2.24) is 0 Å². The van der Waals surface area contributed by atoms with Crippen LogP contribution in [-0.4, -0.2) is 23.8 Å². The quantitative estimate of drug-likeness (QED) is 0.624. The van der Waals surface area contributed by atoms with Crippen LogP contribution >= 0.6 is 0 Å². The molecule has 0 saturated carbocycles. The van der Waals surface area contributed by atoms with Gasteiger partial charge in [-0.3, -0.25) is 0 Å². The zero-order chi connectivity index (χ0) is 8.10. The van der Waals surface area contributed by atoms with Crippen LogP contribution < -0.4 is 0 Å². The summed E-state index contributed by atoms with van der Waals surface area (Å²) < 4.78 is 5.09. The average Bonchev–Trinajstić information content (AvgIpc) is 2.03. The lowest BCUT2D eigenvalue weighted by Crippen LogP contribution is -2.18. The van der Waals surface area contributed by atoms with Crippen molar-refractivity contribution in [2.24, 2.45) is 0 Å². The normalized spacial score (nSPS) is 23.5. The number of carboxylic acids is 1. The minimum absolute atomic E-state index is 0.121. The van der Waals surface area contributed by atoms with Crippen LogP contribution in [0, 0.1) is 0 Å². The molecule has 0 aromatic heterocycles. The second kappa shape index (κ2) is 4.13. The number of hydrogen-bond donors (Lipinski definition) is 1. The molecule has 3 nitrogen and oxygen atoms in total. The molecule has 0 fully saturated rings. The first-order valence-corrected chi connectivity index (χ1v) is 3.77. The molecule has 11 heavy (non-hydrogen) atoms. The lowest BCUT2D eigenvalue weighted by atomic mass is 10.1. The Balaban J connectivity index is 2.16. The summed E-state index contributed by atoms with van der Waals surface area (Å²) in [6.07, 6.45) is 7.06. The molecule has 0 amide bonds. The minimum Gasteiger partial charge on any atom is -0.480 e. The first-order chi connectivity index (χ1) is 5.29. The van der Waals surface area contributed by atoms with Crippen LogP contribution in [-0.2, 0) is 9.53 Å². The largest absolute Gasteiger partial charge is 0.480 e. The topological polar surface area (TPSA) is 46.5 Å². The molecule has 1 rings (SSSR count). The van der Waals surface area contributed by atoms with E-state index in [1.807, 2.05) is 6.08 Å². The fraction of sp³-hybridized carbons (Fsp3) is 0.625. The molecule has 3 heteroatoms. The van der Waals surface area contributed by atoms with Gasteiger partial charge in [-0.2, -0.15) is 0 Å². The summed E-state index contributed by atoms with van der Waals surface area (Å²) >= 11 is 0. The van der Waals surface area contributed by atoms with E-state index in [2.05, 4.69) is 6.08 Å². The lowest BCUT2D eigenvalue weighted by Gasteiger charge is -2.16. The molecule has 1 unspecified atom stereocenters. The average molecular weight is 156 g/mol. The standard InChI is InChI=1S/C8H12O3/c9-8(10)6-11-7-4-2-1-3-5-7/h1-2,7H,3-6H2,(H,9,10). The number of carbonyl (C=O) groups is 1. The molecule has 0 aliphatic heterocycles. The van der Waals surface area contributed by atoms with E-state index in [9.17, 15) is 4.79 Å². The molecular weight excluding hydrogens is 144 g/mol. The summed E-state index contributed by atoms with van der Waals surface area (Å²) in [4.78, 5) is 10.1. The molecule has 62 valence electrons. The predicted octanol–water partition coefficient (Wildman–Crippen LogP) is 1.20. The third kappa shape index (κ3) is 3.18. The fourth-order valence-electron chi connectivity index (χ4n) is 1.11. The molecule has 0 spiro atoms. The van der Waals surface area contributed by atoms with Gasteiger partial charge in [-0.15, -0.1) is 0 Å². The Bertz CT molecular complexity index is 163. The van der Waals surface area contributed by atoms with Crippen molar-refractivity contribution < 1.29 is 14.6 Å². The van der Waals surface area contributed by atoms with E-state index in [1.165, 1.54) is 0 Å². The summed E-state index contributed by atoms with van der Waals surface area (Å²) in [6.45, 7) is -0.168. The van der Waals surface area contributed by atoms with Gasteiger partial charge in [-0.1, -0.05) is 12.2 Å². The van der Waals surface area contributed by atoms with Gasteiger partial charge in [0.2, 0.25) is 0 Å². The van der Waals surface area contributed by atoms with Crippen LogP contribution in [0.2, 0.25) is 0 Å². The third-order valence-corrected chi connectivity index (χ3v) is 1.66. The van der Waals surface area contributed by atoms with Crippen LogP contribution in [0.3, 0.4) is 0 Å². The van der Waals surface area contributed by atoms with E-state index in [-0.39, 0.29) is 12.7 Å². The number of ether oxygens (including phenoxy) is 1. The molecular formula is C8H12O3. The molecule has 0 saturated heterocycles. The Morgan fingerprint density at radius 3 is 3.00 bits per heavy atom. The van der Waals surface area contributed by atoms with Crippen molar-refractivity contribution in [2.45, 2.75) is 25.4 Å². The van der Waals surface area contributed by atoms with Crippen molar-refractivity contribution in [3.8, 4) is 0 Å². The molecule has 1 aliphatic carbocycles. The molecule has 1 N–H and O–H groups in total. The van der Waals surface area contributed by atoms with Crippen LogP contribution in [0.4, 0.5) is 0 Å². The Labute approximate surface area is 65.7 Å². The maximum Gasteiger partial charge on any atom is 0.329 e. The highest BCUT2D eigenvalue weighted by Crippen LogP contribution is 2.13. The number of hydrogen-bond acceptors (Lipinski definition) is 2. The minimum atomic E-state index is -0.889. The van der Waals surface area contributed by atoms with E-state index >= 15 is 0 Å². The number of aliphatic carboxylic acids is 1. The van der Waals surface area contributed by atoms with Gasteiger partial charge in [0.1, 0.15) is 6.61 Å². The van der Waals surface area contributed by atoms with Crippen LogP contribution in [0.25, 0.3) is 0 Å². The summed E-state index contributed by atoms with van der Waals surface area (Å²) in [5.41, 5.74) is 0. The second-order valence-corrected chi connectivity index (χ2v) is 2.61. The SMILES string of the molecule is O=C(O)COC1CC=CCC1. The van der Waals surface area contributed by atoms with Gasteiger partial charge in [-0.25, -0.2) is 4.79 Å². The third-order valence-electron chi connectivity index (χ3n) is 1.66. The molecule has 1 aliphatic rings. The molecule has 1 atom stereocenters. The van der Waals surface area contributed by atoms with Crippen molar-refractivity contribution in [2.75, 3.05) is 6.61 Å². The number of carboxylic acid groups (broad SMARTS) is 1. The zero-order valence-electron chi connectivity index (χ0n) is 6.32. The van der Waals surface area contributed by atoms with Crippen LogP contribution in [0.5, 0.6) is 0 Å². The summed E-state index contributed by atoms with van der Waals surface area (Å²) in [6, 6.07) is 0. The van der Waals surface area contributed by atoms with Crippen molar-refractivity contribution in [1.29, 1.82) is 0 Å². The zero-order valence-corrected chi connectivity index (χ0v) is 6.32. The maximum atomic E-state index is 10.1. The highest BCUT2D eigenvalue weighted by molar-refractivity contribution is 5.68. The van der Waals surface area contributed by atoms with Gasteiger partial charge in [0.05, 0.1) is 6.10 Å². The maximum absolute atomic E-state index is 10.1. The van der Waals surface area contributed by atoms with Gasteiger partial charge in [0, 0.05) is 0 Å². The molecule has 0 aromatic rings. The van der Waals surface area contributed by atoms with E-state index in [0.717, 1.165) is 19.3 Å². The molecule has 0 heterocycles. The fourth-order valence-corrected chi connectivity index (χ4v) is 1.11. The van der Waals surface area contributed by atoms with Crippen LogP contribution in [0.15, 0.2) is 12.2 Å². The number of allylic oxidation sites excluding steroid dienone is 1. The molecule has 0 bridgehead atoms. The van der Waals surface area contributed by atoms with E-state index in [1.54, 1.807) is 0 Å². The summed E-state index contributed by atoms with van der Waals surface area (Å²) in [7, 11) is 0. The van der Waals surface area contributed by atoms with E-state index in [0.29, 0.717) is 0 Å². The first-order valence-electron chi connectivity index (χ1n) is 3.77. The lowest BCUT2D eigenvalue weighted by molar-refractivity contribution is -0.144. The smallest absolute Gasteiger partial charge is 0.329 e. The highest BCUT2D eigenvalue weighted by Gasteiger charge is 2.10. The Morgan fingerprint density at radius 2 is 2.45 bits per heavy atom. The predicted molar refractivity (Wildman–Crippen MR) is 40.4 cm³/mol.